The van der Waals surface area contributed by atoms with E-state index in [0.717, 1.165) is 0 Å². The minimum atomic E-state index is -1.48. The normalized spacial score (nSPS) is 31.5. The maximum absolute atomic E-state index is 11.5. The second-order valence-electron chi connectivity index (χ2n) is 3.30. The lowest BCUT2D eigenvalue weighted by atomic mass is 9.83. The van der Waals surface area contributed by atoms with E-state index in [0.29, 0.717) is 0 Å². The molecule has 1 saturated heterocycles. The smallest absolute Gasteiger partial charge is 0.376 e. The van der Waals surface area contributed by atoms with Gasteiger partial charge in [-0.1, -0.05) is 0 Å². The molecule has 0 aromatic heterocycles. The van der Waals surface area contributed by atoms with Crippen molar-refractivity contribution < 1.29 is 23.9 Å². The number of carbonyl (C=O) groups is 3. The summed E-state index contributed by atoms with van der Waals surface area (Å²) in [6.45, 7) is 4.67. The molecule has 1 fully saturated rings. The first-order chi connectivity index (χ1) is 6.44. The molecule has 0 unspecified atom stereocenters. The Bertz CT molecular complexity index is 296. The number of Topliss-reactive ketones (excluding diaryl/α,β-unsaturated/α-hetero) is 1. The van der Waals surface area contributed by atoms with E-state index in [4.69, 9.17) is 4.74 Å². The highest BCUT2D eigenvalue weighted by molar-refractivity contribution is 6.41. The van der Waals surface area contributed by atoms with Crippen LogP contribution in [0.4, 0.5) is 0 Å². The standard InChI is InChI=1S/C9H12O5/c1-4-13-8(12)9(3)5(2)14-7(11)6(9)10/h5H,4H2,1-3H3/t5-,9+/m0/s1. The second kappa shape index (κ2) is 3.40. The quantitative estimate of drug-likeness (QED) is 0.358. The molecule has 1 aliphatic heterocycles. The van der Waals surface area contributed by atoms with Gasteiger partial charge < -0.3 is 9.47 Å². The predicted octanol–water partition coefficient (Wildman–Crippen LogP) is 0.0702. The molecule has 1 heterocycles. The molecule has 2 atom stereocenters. The molecule has 1 rings (SSSR count). The Morgan fingerprint density at radius 1 is 1.57 bits per heavy atom. The van der Waals surface area contributed by atoms with Crippen molar-refractivity contribution in [3.8, 4) is 0 Å². The van der Waals surface area contributed by atoms with Crippen LogP contribution in [0.15, 0.2) is 0 Å². The average Bonchev–Trinajstić information content (AvgIpc) is 2.32. The number of ketones is 1. The van der Waals surface area contributed by atoms with Crippen LogP contribution in [-0.4, -0.2) is 30.4 Å². The van der Waals surface area contributed by atoms with E-state index in [-0.39, 0.29) is 6.61 Å². The Kier molecular flexibility index (Phi) is 2.59. The molecule has 0 aliphatic carbocycles. The van der Waals surface area contributed by atoms with Crippen LogP contribution in [-0.2, 0) is 23.9 Å². The first kappa shape index (κ1) is 10.7. The van der Waals surface area contributed by atoms with E-state index in [1.807, 2.05) is 0 Å². The molecule has 1 aliphatic rings. The molecule has 5 nitrogen and oxygen atoms in total. The van der Waals surface area contributed by atoms with Gasteiger partial charge in [0.1, 0.15) is 6.10 Å². The van der Waals surface area contributed by atoms with Crippen LogP contribution < -0.4 is 0 Å². The molecule has 0 radical (unpaired) electrons. The van der Waals surface area contributed by atoms with E-state index in [2.05, 4.69) is 4.74 Å². The van der Waals surface area contributed by atoms with E-state index in [1.165, 1.54) is 13.8 Å². The first-order valence-electron chi connectivity index (χ1n) is 4.37. The fraction of sp³-hybridized carbons (Fsp3) is 0.667. The van der Waals surface area contributed by atoms with Crippen molar-refractivity contribution in [2.75, 3.05) is 6.61 Å². The van der Waals surface area contributed by atoms with Crippen LogP contribution in [0.2, 0.25) is 0 Å². The van der Waals surface area contributed by atoms with Gasteiger partial charge in [0.15, 0.2) is 5.41 Å². The van der Waals surface area contributed by atoms with Gasteiger partial charge in [0, 0.05) is 0 Å². The third-order valence-corrected chi connectivity index (χ3v) is 2.45. The summed E-state index contributed by atoms with van der Waals surface area (Å²) in [5.74, 6) is -2.50. The Balaban J connectivity index is 2.97. The lowest BCUT2D eigenvalue weighted by molar-refractivity contribution is -0.159. The van der Waals surface area contributed by atoms with Gasteiger partial charge in [-0.15, -0.1) is 0 Å². The van der Waals surface area contributed by atoms with Crippen molar-refractivity contribution in [1.82, 2.24) is 0 Å². The van der Waals surface area contributed by atoms with Crippen LogP contribution in [0, 0.1) is 5.41 Å². The number of carbonyl (C=O) groups excluding carboxylic acids is 3. The maximum Gasteiger partial charge on any atom is 0.376 e. The predicted molar refractivity (Wildman–Crippen MR) is 45.3 cm³/mol. The molecule has 14 heavy (non-hydrogen) atoms. The average molecular weight is 200 g/mol. The molecule has 0 aromatic rings. The molecule has 0 N–H and O–H groups in total. The summed E-state index contributed by atoms with van der Waals surface area (Å²) in [7, 11) is 0. The van der Waals surface area contributed by atoms with E-state index >= 15 is 0 Å². The summed E-state index contributed by atoms with van der Waals surface area (Å²) >= 11 is 0. The molecule has 0 saturated carbocycles. The van der Waals surface area contributed by atoms with Crippen molar-refractivity contribution >= 4 is 17.7 Å². The minimum Gasteiger partial charge on any atom is -0.465 e. The third-order valence-electron chi connectivity index (χ3n) is 2.45. The summed E-state index contributed by atoms with van der Waals surface area (Å²) in [5, 5.41) is 0. The third kappa shape index (κ3) is 1.29. The Morgan fingerprint density at radius 3 is 2.50 bits per heavy atom. The lowest BCUT2D eigenvalue weighted by Gasteiger charge is -2.21. The molecular weight excluding hydrogens is 188 g/mol. The molecule has 0 spiro atoms. The number of rotatable bonds is 2. The van der Waals surface area contributed by atoms with Crippen molar-refractivity contribution in [3.05, 3.63) is 0 Å². The van der Waals surface area contributed by atoms with E-state index in [1.54, 1.807) is 6.92 Å². The maximum atomic E-state index is 11.5. The van der Waals surface area contributed by atoms with E-state index < -0.39 is 29.2 Å². The molecule has 0 aromatic carbocycles. The van der Waals surface area contributed by atoms with Gasteiger partial charge >= 0.3 is 11.9 Å². The summed E-state index contributed by atoms with van der Waals surface area (Å²) in [5.41, 5.74) is -1.48. The van der Waals surface area contributed by atoms with Gasteiger partial charge in [0.25, 0.3) is 5.78 Å². The number of cyclic esters (lactones) is 1. The number of ether oxygens (including phenoxy) is 2. The summed E-state index contributed by atoms with van der Waals surface area (Å²) in [6.07, 6.45) is -0.762. The van der Waals surface area contributed by atoms with Crippen LogP contribution >= 0.6 is 0 Å². The first-order valence-corrected chi connectivity index (χ1v) is 4.37. The number of hydrogen-bond donors (Lipinski definition) is 0. The zero-order valence-corrected chi connectivity index (χ0v) is 8.33. The Labute approximate surface area is 81.4 Å². The van der Waals surface area contributed by atoms with Gasteiger partial charge in [-0.05, 0) is 20.8 Å². The topological polar surface area (TPSA) is 69.7 Å². The minimum absolute atomic E-state index is 0.169. The molecule has 5 heteroatoms. The summed E-state index contributed by atoms with van der Waals surface area (Å²) in [4.78, 5) is 33.8. The highest BCUT2D eigenvalue weighted by atomic mass is 16.6. The summed E-state index contributed by atoms with van der Waals surface area (Å²) < 4.78 is 9.39. The molecule has 0 bridgehead atoms. The Hall–Kier alpha value is -1.39. The van der Waals surface area contributed by atoms with Gasteiger partial charge in [0.05, 0.1) is 6.61 Å². The number of hydrogen-bond acceptors (Lipinski definition) is 5. The van der Waals surface area contributed by atoms with Gasteiger partial charge in [0.2, 0.25) is 0 Å². The van der Waals surface area contributed by atoms with Crippen molar-refractivity contribution in [1.29, 1.82) is 0 Å². The number of esters is 2. The van der Waals surface area contributed by atoms with Crippen LogP contribution in [0.3, 0.4) is 0 Å². The van der Waals surface area contributed by atoms with Crippen molar-refractivity contribution in [2.24, 2.45) is 5.41 Å². The van der Waals surface area contributed by atoms with Gasteiger partial charge in [-0.3, -0.25) is 9.59 Å². The lowest BCUT2D eigenvalue weighted by Crippen LogP contribution is -2.42. The van der Waals surface area contributed by atoms with Crippen molar-refractivity contribution in [2.45, 2.75) is 26.9 Å². The highest BCUT2D eigenvalue weighted by Crippen LogP contribution is 2.33. The fourth-order valence-corrected chi connectivity index (χ4v) is 1.27. The fourth-order valence-electron chi connectivity index (χ4n) is 1.27. The molecule has 78 valence electrons. The zero-order valence-electron chi connectivity index (χ0n) is 8.33. The molecule has 0 amide bonds. The van der Waals surface area contributed by atoms with Crippen molar-refractivity contribution in [3.63, 3.8) is 0 Å². The SMILES string of the molecule is CCOC(=O)[C@@]1(C)C(=O)C(=O)O[C@H]1C. The van der Waals surface area contributed by atoms with Gasteiger partial charge in [-0.2, -0.15) is 0 Å². The largest absolute Gasteiger partial charge is 0.465 e. The van der Waals surface area contributed by atoms with E-state index in [9.17, 15) is 14.4 Å². The zero-order chi connectivity index (χ0) is 10.9. The van der Waals surface area contributed by atoms with Crippen LogP contribution in [0.25, 0.3) is 0 Å². The van der Waals surface area contributed by atoms with Gasteiger partial charge in [-0.25, -0.2) is 4.79 Å². The molecular formula is C9H12O5. The monoisotopic (exact) mass is 200 g/mol. The Morgan fingerprint density at radius 2 is 2.14 bits per heavy atom. The second-order valence-corrected chi connectivity index (χ2v) is 3.30. The van der Waals surface area contributed by atoms with Crippen LogP contribution in [0.1, 0.15) is 20.8 Å². The van der Waals surface area contributed by atoms with Crippen LogP contribution in [0.5, 0.6) is 0 Å². The highest BCUT2D eigenvalue weighted by Gasteiger charge is 2.58. The summed E-state index contributed by atoms with van der Waals surface area (Å²) in [6, 6.07) is 0.